The van der Waals surface area contributed by atoms with Gasteiger partial charge in [-0.1, -0.05) is 35.3 Å². The summed E-state index contributed by atoms with van der Waals surface area (Å²) in [5, 5.41) is 10.7. The molecule has 1 aliphatic carbocycles. The maximum absolute atomic E-state index is 10.7. The van der Waals surface area contributed by atoms with Crippen LogP contribution in [-0.2, 0) is 6.42 Å². The molecule has 0 radical (unpaired) electrons. The normalized spacial score (nSPS) is 26.4. The molecule has 1 fully saturated rings. The zero-order valence-corrected chi connectivity index (χ0v) is 13.4. The monoisotopic (exact) mass is 340 g/mol. The summed E-state index contributed by atoms with van der Waals surface area (Å²) >= 11 is 3.43. The number of non-ortho nitro benzene ring substituents is 1. The van der Waals surface area contributed by atoms with Gasteiger partial charge in [0.25, 0.3) is 5.69 Å². The number of benzene rings is 1. The average molecular weight is 341 g/mol. The zero-order chi connectivity index (χ0) is 14.8. The first-order valence-electron chi connectivity index (χ1n) is 7.15. The SMILES string of the molecule is CCC1CCC(N)(Cc2ccc([N+](=O)[O-])cc2Br)CC1. The molecule has 4 nitrogen and oxygen atoms in total. The second-order valence-corrected chi connectivity index (χ2v) is 6.78. The minimum Gasteiger partial charge on any atom is -0.325 e. The number of nitro benzene ring substituents is 1. The van der Waals surface area contributed by atoms with Gasteiger partial charge in [0, 0.05) is 22.1 Å². The van der Waals surface area contributed by atoms with Crippen LogP contribution in [0.15, 0.2) is 22.7 Å². The largest absolute Gasteiger partial charge is 0.325 e. The molecule has 2 N–H and O–H groups in total. The molecule has 110 valence electrons. The summed E-state index contributed by atoms with van der Waals surface area (Å²) in [4.78, 5) is 10.4. The number of nitrogens with two attached hydrogens (primary N) is 1. The standard InChI is InChI=1S/C15H21BrN2O2/c1-2-11-5-7-15(17,8-6-11)10-12-3-4-13(18(19)20)9-14(12)16/h3-4,9,11H,2,5-8,10,17H2,1H3. The van der Waals surface area contributed by atoms with E-state index >= 15 is 0 Å². The Hall–Kier alpha value is -0.940. The molecule has 0 unspecified atom stereocenters. The van der Waals surface area contributed by atoms with E-state index in [1.54, 1.807) is 12.1 Å². The Bertz CT molecular complexity index is 497. The van der Waals surface area contributed by atoms with Gasteiger partial charge >= 0.3 is 0 Å². The van der Waals surface area contributed by atoms with Crippen LogP contribution in [0, 0.1) is 16.0 Å². The van der Waals surface area contributed by atoms with Gasteiger partial charge in [-0.05, 0) is 43.6 Å². The van der Waals surface area contributed by atoms with E-state index in [1.807, 2.05) is 6.07 Å². The van der Waals surface area contributed by atoms with Crippen LogP contribution in [0.5, 0.6) is 0 Å². The van der Waals surface area contributed by atoms with Gasteiger partial charge in [0.05, 0.1) is 4.92 Å². The van der Waals surface area contributed by atoms with Crippen molar-refractivity contribution in [1.82, 2.24) is 0 Å². The van der Waals surface area contributed by atoms with E-state index in [-0.39, 0.29) is 16.1 Å². The molecule has 0 heterocycles. The van der Waals surface area contributed by atoms with Gasteiger partial charge in [0.2, 0.25) is 0 Å². The first-order chi connectivity index (χ1) is 9.43. The summed E-state index contributed by atoms with van der Waals surface area (Å²) < 4.78 is 0.786. The molecule has 0 atom stereocenters. The fourth-order valence-corrected chi connectivity index (χ4v) is 3.52. The van der Waals surface area contributed by atoms with E-state index in [0.717, 1.165) is 35.2 Å². The van der Waals surface area contributed by atoms with Crippen LogP contribution in [0.2, 0.25) is 0 Å². The van der Waals surface area contributed by atoms with Gasteiger partial charge < -0.3 is 5.73 Å². The summed E-state index contributed by atoms with van der Waals surface area (Å²) in [6.07, 6.45) is 6.47. The molecular formula is C15H21BrN2O2. The van der Waals surface area contributed by atoms with Crippen LogP contribution in [0.4, 0.5) is 5.69 Å². The maximum atomic E-state index is 10.7. The van der Waals surface area contributed by atoms with E-state index < -0.39 is 0 Å². The zero-order valence-electron chi connectivity index (χ0n) is 11.8. The van der Waals surface area contributed by atoms with E-state index in [0.29, 0.717) is 0 Å². The number of hydrogen-bond acceptors (Lipinski definition) is 3. The fraction of sp³-hybridized carbons (Fsp3) is 0.600. The number of nitrogens with zero attached hydrogens (tertiary/aromatic N) is 1. The quantitative estimate of drug-likeness (QED) is 0.659. The van der Waals surface area contributed by atoms with Crippen LogP contribution in [0.1, 0.15) is 44.6 Å². The molecule has 0 amide bonds. The topological polar surface area (TPSA) is 69.2 Å². The molecule has 0 spiro atoms. The first kappa shape index (κ1) is 15.4. The highest BCUT2D eigenvalue weighted by Gasteiger charge is 2.31. The first-order valence-corrected chi connectivity index (χ1v) is 7.94. The van der Waals surface area contributed by atoms with Gasteiger partial charge in [-0.15, -0.1) is 0 Å². The number of hydrogen-bond donors (Lipinski definition) is 1. The van der Waals surface area contributed by atoms with Crippen LogP contribution in [0.3, 0.4) is 0 Å². The lowest BCUT2D eigenvalue weighted by atomic mass is 9.73. The molecule has 1 aromatic carbocycles. The lowest BCUT2D eigenvalue weighted by molar-refractivity contribution is -0.384. The van der Waals surface area contributed by atoms with Gasteiger partial charge in [-0.2, -0.15) is 0 Å². The van der Waals surface area contributed by atoms with Gasteiger partial charge in [0.1, 0.15) is 0 Å². The molecule has 0 aromatic heterocycles. The summed E-state index contributed by atoms with van der Waals surface area (Å²) in [5.41, 5.74) is 7.53. The summed E-state index contributed by atoms with van der Waals surface area (Å²) in [7, 11) is 0. The van der Waals surface area contributed by atoms with Crippen molar-refractivity contribution >= 4 is 21.6 Å². The van der Waals surface area contributed by atoms with Crippen molar-refractivity contribution in [3.8, 4) is 0 Å². The van der Waals surface area contributed by atoms with Gasteiger partial charge in [-0.3, -0.25) is 10.1 Å². The fourth-order valence-electron chi connectivity index (χ4n) is 3.01. The molecule has 1 aliphatic rings. The minimum atomic E-state index is -0.376. The van der Waals surface area contributed by atoms with Crippen molar-refractivity contribution in [3.63, 3.8) is 0 Å². The Balaban J connectivity index is 2.08. The summed E-state index contributed by atoms with van der Waals surface area (Å²) in [6.45, 7) is 2.24. The molecule has 1 aromatic rings. The smallest absolute Gasteiger partial charge is 0.270 e. The Morgan fingerprint density at radius 2 is 2.10 bits per heavy atom. The predicted octanol–water partition coefficient (Wildman–Crippen LogP) is 4.20. The Kier molecular flexibility index (Phi) is 4.81. The van der Waals surface area contributed by atoms with Crippen LogP contribution >= 0.6 is 15.9 Å². The van der Waals surface area contributed by atoms with Crippen molar-refractivity contribution in [2.75, 3.05) is 0 Å². The second kappa shape index (κ2) is 6.22. The third-order valence-corrected chi connectivity index (χ3v) is 5.21. The second-order valence-electron chi connectivity index (χ2n) is 5.92. The number of rotatable bonds is 4. The third-order valence-electron chi connectivity index (χ3n) is 4.47. The lowest BCUT2D eigenvalue weighted by Crippen LogP contribution is -2.45. The van der Waals surface area contributed by atoms with Crippen molar-refractivity contribution in [1.29, 1.82) is 0 Å². The van der Waals surface area contributed by atoms with Gasteiger partial charge in [0.15, 0.2) is 0 Å². The molecule has 2 rings (SSSR count). The molecule has 0 saturated heterocycles. The van der Waals surface area contributed by atoms with Crippen molar-refractivity contribution < 1.29 is 4.92 Å². The number of nitro groups is 1. The summed E-state index contributed by atoms with van der Waals surface area (Å²) in [5.74, 6) is 0.812. The highest BCUT2D eigenvalue weighted by molar-refractivity contribution is 9.10. The number of halogens is 1. The lowest BCUT2D eigenvalue weighted by Gasteiger charge is -2.37. The summed E-state index contributed by atoms with van der Waals surface area (Å²) in [6, 6.07) is 4.94. The molecular weight excluding hydrogens is 320 g/mol. The third kappa shape index (κ3) is 3.58. The maximum Gasteiger partial charge on any atom is 0.270 e. The van der Waals surface area contributed by atoms with Crippen LogP contribution in [-0.4, -0.2) is 10.5 Å². The Labute approximate surface area is 128 Å². The van der Waals surface area contributed by atoms with E-state index in [1.165, 1.54) is 19.3 Å². The van der Waals surface area contributed by atoms with Gasteiger partial charge in [-0.25, -0.2) is 0 Å². The highest BCUT2D eigenvalue weighted by Crippen LogP contribution is 2.36. The van der Waals surface area contributed by atoms with E-state index in [2.05, 4.69) is 22.9 Å². The average Bonchev–Trinajstić information content (AvgIpc) is 2.41. The van der Waals surface area contributed by atoms with E-state index in [9.17, 15) is 10.1 Å². The highest BCUT2D eigenvalue weighted by atomic mass is 79.9. The Morgan fingerprint density at radius 3 is 2.60 bits per heavy atom. The van der Waals surface area contributed by atoms with Crippen LogP contribution in [0.25, 0.3) is 0 Å². The predicted molar refractivity (Wildman–Crippen MR) is 83.7 cm³/mol. The van der Waals surface area contributed by atoms with Crippen molar-refractivity contribution in [2.24, 2.45) is 11.7 Å². The molecule has 0 aliphatic heterocycles. The van der Waals surface area contributed by atoms with Crippen LogP contribution < -0.4 is 5.73 Å². The molecule has 20 heavy (non-hydrogen) atoms. The van der Waals surface area contributed by atoms with Crippen molar-refractivity contribution in [2.45, 2.75) is 51.0 Å². The Morgan fingerprint density at radius 1 is 1.45 bits per heavy atom. The van der Waals surface area contributed by atoms with E-state index in [4.69, 9.17) is 5.73 Å². The molecule has 5 heteroatoms. The minimum absolute atomic E-state index is 0.112. The molecule has 0 bridgehead atoms. The molecule has 1 saturated carbocycles. The van der Waals surface area contributed by atoms with Crippen molar-refractivity contribution in [3.05, 3.63) is 38.3 Å².